The molecule has 114 valence electrons. The summed E-state index contributed by atoms with van der Waals surface area (Å²) in [6.07, 6.45) is 6.32. The average molecular weight is 295 g/mol. The summed E-state index contributed by atoms with van der Waals surface area (Å²) < 4.78 is 2.09. The fourth-order valence-electron chi connectivity index (χ4n) is 3.24. The third-order valence-electron chi connectivity index (χ3n) is 4.52. The molecule has 0 radical (unpaired) electrons. The number of aromatic nitrogens is 3. The van der Waals surface area contributed by atoms with Gasteiger partial charge in [0.25, 0.3) is 0 Å². The van der Waals surface area contributed by atoms with Gasteiger partial charge in [0.15, 0.2) is 0 Å². The van der Waals surface area contributed by atoms with Crippen LogP contribution in [0.25, 0.3) is 0 Å². The van der Waals surface area contributed by atoms with Crippen LogP contribution in [0.1, 0.15) is 49.4 Å². The Bertz CT molecular complexity index is 691. The van der Waals surface area contributed by atoms with Gasteiger partial charge in [0.1, 0.15) is 5.82 Å². The van der Waals surface area contributed by atoms with Crippen molar-refractivity contribution in [3.63, 3.8) is 0 Å². The molecule has 0 aliphatic heterocycles. The van der Waals surface area contributed by atoms with Gasteiger partial charge in [0, 0.05) is 25.7 Å². The van der Waals surface area contributed by atoms with Crippen molar-refractivity contribution in [2.45, 2.75) is 38.0 Å². The first-order valence-electron chi connectivity index (χ1n) is 7.84. The molecule has 1 aliphatic carbocycles. The normalized spacial score (nSPS) is 15.5. The van der Waals surface area contributed by atoms with Gasteiger partial charge >= 0.3 is 0 Å². The molecule has 0 amide bonds. The minimum absolute atomic E-state index is 0.527. The van der Waals surface area contributed by atoms with E-state index < -0.39 is 0 Å². The number of hydrogen-bond donors (Lipinski definition) is 0. The standard InChI is InChI=1S/C17H21N5/c1-21(15-10-6-7-13(11-15)12-18)17-20-19-16(22(17)2)14-8-4-3-5-9-14/h6-7,10-11,14H,3-5,8-9H2,1-2H3. The summed E-state index contributed by atoms with van der Waals surface area (Å²) in [5, 5.41) is 17.9. The molecule has 5 nitrogen and oxygen atoms in total. The highest BCUT2D eigenvalue weighted by atomic mass is 15.4. The van der Waals surface area contributed by atoms with Crippen LogP contribution in [0.3, 0.4) is 0 Å². The summed E-state index contributed by atoms with van der Waals surface area (Å²) in [6.45, 7) is 0. The van der Waals surface area contributed by atoms with Crippen LogP contribution in [-0.2, 0) is 7.05 Å². The van der Waals surface area contributed by atoms with E-state index in [2.05, 4.69) is 20.8 Å². The van der Waals surface area contributed by atoms with Crippen molar-refractivity contribution in [1.29, 1.82) is 5.26 Å². The summed E-state index contributed by atoms with van der Waals surface area (Å²) in [5.41, 5.74) is 1.60. The number of nitriles is 1. The Morgan fingerprint density at radius 3 is 2.73 bits per heavy atom. The summed E-state index contributed by atoms with van der Waals surface area (Å²) in [4.78, 5) is 1.99. The Morgan fingerprint density at radius 1 is 1.23 bits per heavy atom. The van der Waals surface area contributed by atoms with Crippen molar-refractivity contribution in [1.82, 2.24) is 14.8 Å². The molecule has 5 heteroatoms. The molecule has 2 aromatic rings. The lowest BCUT2D eigenvalue weighted by Crippen LogP contribution is -2.16. The van der Waals surface area contributed by atoms with Crippen LogP contribution in [0.5, 0.6) is 0 Å². The van der Waals surface area contributed by atoms with Crippen LogP contribution >= 0.6 is 0 Å². The van der Waals surface area contributed by atoms with E-state index in [1.54, 1.807) is 0 Å². The van der Waals surface area contributed by atoms with Gasteiger partial charge in [-0.3, -0.25) is 4.57 Å². The zero-order valence-corrected chi connectivity index (χ0v) is 13.2. The van der Waals surface area contributed by atoms with Crippen LogP contribution in [0.4, 0.5) is 11.6 Å². The lowest BCUT2D eigenvalue weighted by molar-refractivity contribution is 0.420. The molecule has 22 heavy (non-hydrogen) atoms. The monoisotopic (exact) mass is 295 g/mol. The van der Waals surface area contributed by atoms with E-state index in [0.717, 1.165) is 17.5 Å². The van der Waals surface area contributed by atoms with Crippen molar-refractivity contribution in [3.8, 4) is 6.07 Å². The number of hydrogen-bond acceptors (Lipinski definition) is 4. The summed E-state index contributed by atoms with van der Waals surface area (Å²) in [5.74, 6) is 2.42. The first kappa shape index (κ1) is 14.6. The largest absolute Gasteiger partial charge is 0.314 e. The van der Waals surface area contributed by atoms with Crippen molar-refractivity contribution >= 4 is 11.6 Å². The van der Waals surface area contributed by atoms with E-state index in [1.807, 2.05) is 43.3 Å². The number of nitrogens with zero attached hydrogens (tertiary/aromatic N) is 5. The molecule has 0 saturated heterocycles. The summed E-state index contributed by atoms with van der Waals surface area (Å²) in [6, 6.07) is 9.73. The maximum atomic E-state index is 9.04. The highest BCUT2D eigenvalue weighted by Crippen LogP contribution is 2.33. The second-order valence-electron chi connectivity index (χ2n) is 5.97. The van der Waals surface area contributed by atoms with Crippen molar-refractivity contribution < 1.29 is 0 Å². The van der Waals surface area contributed by atoms with E-state index in [0.29, 0.717) is 11.5 Å². The lowest BCUT2D eigenvalue weighted by atomic mass is 9.89. The fraction of sp³-hybridized carbons (Fsp3) is 0.471. The molecule has 1 heterocycles. The highest BCUT2D eigenvalue weighted by Gasteiger charge is 2.23. The van der Waals surface area contributed by atoms with E-state index >= 15 is 0 Å². The van der Waals surface area contributed by atoms with Gasteiger partial charge in [0.05, 0.1) is 11.6 Å². The van der Waals surface area contributed by atoms with E-state index in [9.17, 15) is 0 Å². The maximum Gasteiger partial charge on any atom is 0.231 e. The van der Waals surface area contributed by atoms with E-state index in [4.69, 9.17) is 5.26 Å². The molecule has 1 aromatic carbocycles. The Hall–Kier alpha value is -2.35. The van der Waals surface area contributed by atoms with E-state index in [1.165, 1.54) is 32.1 Å². The minimum Gasteiger partial charge on any atom is -0.314 e. The van der Waals surface area contributed by atoms with Crippen molar-refractivity contribution in [2.75, 3.05) is 11.9 Å². The van der Waals surface area contributed by atoms with Gasteiger partial charge in [-0.2, -0.15) is 5.26 Å². The second kappa shape index (κ2) is 6.18. The minimum atomic E-state index is 0.527. The second-order valence-corrected chi connectivity index (χ2v) is 5.97. The van der Waals surface area contributed by atoms with Crippen LogP contribution in [0, 0.1) is 11.3 Å². The van der Waals surface area contributed by atoms with Gasteiger partial charge < -0.3 is 4.90 Å². The zero-order chi connectivity index (χ0) is 15.5. The topological polar surface area (TPSA) is 57.7 Å². The summed E-state index contributed by atoms with van der Waals surface area (Å²) in [7, 11) is 4.00. The Morgan fingerprint density at radius 2 is 2.00 bits per heavy atom. The lowest BCUT2D eigenvalue weighted by Gasteiger charge is -2.22. The van der Waals surface area contributed by atoms with Crippen LogP contribution in [0.15, 0.2) is 24.3 Å². The molecular weight excluding hydrogens is 274 g/mol. The Labute approximate surface area is 131 Å². The molecule has 0 atom stereocenters. The Balaban J connectivity index is 1.88. The third kappa shape index (κ3) is 2.69. The van der Waals surface area contributed by atoms with Gasteiger partial charge in [-0.15, -0.1) is 10.2 Å². The molecule has 0 unspecified atom stereocenters. The van der Waals surface area contributed by atoms with Crippen LogP contribution in [0.2, 0.25) is 0 Å². The van der Waals surface area contributed by atoms with Gasteiger partial charge in [0.2, 0.25) is 5.95 Å². The van der Waals surface area contributed by atoms with E-state index in [-0.39, 0.29) is 0 Å². The molecule has 1 saturated carbocycles. The first-order valence-corrected chi connectivity index (χ1v) is 7.84. The molecule has 0 spiro atoms. The Kier molecular flexibility index (Phi) is 4.10. The SMILES string of the molecule is CN(c1cccc(C#N)c1)c1nnc(C2CCCCC2)n1C. The summed E-state index contributed by atoms with van der Waals surface area (Å²) >= 11 is 0. The van der Waals surface area contributed by atoms with Gasteiger partial charge in [-0.1, -0.05) is 25.3 Å². The first-order chi connectivity index (χ1) is 10.7. The predicted molar refractivity (Wildman–Crippen MR) is 86.0 cm³/mol. The predicted octanol–water partition coefficient (Wildman–Crippen LogP) is 3.50. The molecule has 0 bridgehead atoms. The van der Waals surface area contributed by atoms with Crippen molar-refractivity contribution in [3.05, 3.63) is 35.7 Å². The quantitative estimate of drug-likeness (QED) is 0.869. The molecular formula is C17H21N5. The van der Waals surface area contributed by atoms with Crippen molar-refractivity contribution in [2.24, 2.45) is 7.05 Å². The van der Waals surface area contributed by atoms with Crippen LogP contribution < -0.4 is 4.90 Å². The molecule has 1 aromatic heterocycles. The highest BCUT2D eigenvalue weighted by molar-refractivity contribution is 5.59. The molecule has 1 fully saturated rings. The molecule has 0 N–H and O–H groups in total. The van der Waals surface area contributed by atoms with Crippen LogP contribution in [-0.4, -0.2) is 21.8 Å². The third-order valence-corrected chi connectivity index (χ3v) is 4.52. The zero-order valence-electron chi connectivity index (χ0n) is 13.2. The van der Waals surface area contributed by atoms with Gasteiger partial charge in [-0.25, -0.2) is 0 Å². The number of benzene rings is 1. The molecule has 1 aliphatic rings. The van der Waals surface area contributed by atoms with Gasteiger partial charge in [-0.05, 0) is 31.0 Å². The average Bonchev–Trinajstić information content (AvgIpc) is 2.96. The number of rotatable bonds is 3. The fourth-order valence-corrected chi connectivity index (χ4v) is 3.24. The number of anilines is 2. The molecule has 3 rings (SSSR count). The maximum absolute atomic E-state index is 9.04. The smallest absolute Gasteiger partial charge is 0.231 e.